The zero-order chi connectivity index (χ0) is 17.8. The van der Waals surface area contributed by atoms with Gasteiger partial charge in [0.25, 0.3) is 5.91 Å². The number of aryl methyl sites for hydroxylation is 2. The van der Waals surface area contributed by atoms with Crippen molar-refractivity contribution in [1.82, 2.24) is 4.98 Å². The first-order chi connectivity index (χ1) is 12.1. The third-order valence-electron chi connectivity index (χ3n) is 3.84. The highest BCUT2D eigenvalue weighted by molar-refractivity contribution is 7.16. The Morgan fingerprint density at radius 3 is 2.44 bits per heavy atom. The topological polar surface area (TPSA) is 65.8 Å². The molecule has 124 valence electrons. The molecule has 0 radical (unpaired) electrons. The van der Waals surface area contributed by atoms with Gasteiger partial charge in [-0.3, -0.25) is 10.1 Å². The second-order valence-electron chi connectivity index (χ2n) is 5.65. The number of nitrogens with one attached hydrogen (secondary N) is 1. The van der Waals surface area contributed by atoms with Gasteiger partial charge in [0.1, 0.15) is 0 Å². The SMILES string of the molecule is CCc1sc(NC(=O)c2ccc(C#N)cc2)nc1-c1ccc(C)cc1. The second-order valence-corrected chi connectivity index (χ2v) is 6.74. The highest BCUT2D eigenvalue weighted by Gasteiger charge is 2.14. The molecular weight excluding hydrogens is 330 g/mol. The van der Waals surface area contributed by atoms with Gasteiger partial charge in [-0.2, -0.15) is 5.26 Å². The standard InChI is InChI=1S/C20H17N3OS/c1-3-17-18(15-8-4-13(2)5-9-15)22-20(25-17)23-19(24)16-10-6-14(12-21)7-11-16/h4-11H,3H2,1-2H3,(H,22,23,24). The van der Waals surface area contributed by atoms with E-state index in [2.05, 4.69) is 48.4 Å². The van der Waals surface area contributed by atoms with Crippen molar-refractivity contribution >= 4 is 22.4 Å². The molecule has 4 nitrogen and oxygen atoms in total. The first kappa shape index (κ1) is 16.9. The van der Waals surface area contributed by atoms with Gasteiger partial charge in [-0.15, -0.1) is 11.3 Å². The Labute approximate surface area is 150 Å². The van der Waals surface area contributed by atoms with Crippen LogP contribution in [0.3, 0.4) is 0 Å². The molecule has 1 aromatic heterocycles. The third kappa shape index (κ3) is 3.76. The fraction of sp³-hybridized carbons (Fsp3) is 0.150. The lowest BCUT2D eigenvalue weighted by molar-refractivity contribution is 0.102. The summed E-state index contributed by atoms with van der Waals surface area (Å²) in [4.78, 5) is 18.1. The zero-order valence-corrected chi connectivity index (χ0v) is 14.9. The van der Waals surface area contributed by atoms with Crippen LogP contribution in [-0.4, -0.2) is 10.9 Å². The van der Waals surface area contributed by atoms with Crippen molar-refractivity contribution in [2.75, 3.05) is 5.32 Å². The molecule has 0 bridgehead atoms. The van der Waals surface area contributed by atoms with E-state index in [0.29, 0.717) is 16.3 Å². The first-order valence-electron chi connectivity index (χ1n) is 7.99. The largest absolute Gasteiger partial charge is 0.298 e. The predicted molar refractivity (Wildman–Crippen MR) is 101 cm³/mol. The first-order valence-corrected chi connectivity index (χ1v) is 8.80. The molecule has 5 heteroatoms. The van der Waals surface area contributed by atoms with Crippen molar-refractivity contribution in [3.8, 4) is 17.3 Å². The molecule has 1 amide bonds. The maximum Gasteiger partial charge on any atom is 0.257 e. The van der Waals surface area contributed by atoms with Gasteiger partial charge in [-0.05, 0) is 37.6 Å². The highest BCUT2D eigenvalue weighted by Crippen LogP contribution is 2.32. The van der Waals surface area contributed by atoms with Crippen LogP contribution in [0.1, 0.15) is 33.3 Å². The number of rotatable bonds is 4. The maximum atomic E-state index is 12.4. The number of carbonyl (C=O) groups excluding carboxylic acids is 1. The Bertz CT molecular complexity index is 935. The summed E-state index contributed by atoms with van der Waals surface area (Å²) in [5, 5.41) is 12.3. The van der Waals surface area contributed by atoms with Crippen molar-refractivity contribution in [3.63, 3.8) is 0 Å². The van der Waals surface area contributed by atoms with Crippen molar-refractivity contribution in [2.45, 2.75) is 20.3 Å². The number of hydrogen-bond donors (Lipinski definition) is 1. The van der Waals surface area contributed by atoms with Crippen LogP contribution in [0.25, 0.3) is 11.3 Å². The number of hydrogen-bond acceptors (Lipinski definition) is 4. The third-order valence-corrected chi connectivity index (χ3v) is 4.96. The number of nitrogens with zero attached hydrogens (tertiary/aromatic N) is 2. The van der Waals surface area contributed by atoms with Crippen molar-refractivity contribution in [3.05, 3.63) is 70.1 Å². The van der Waals surface area contributed by atoms with E-state index in [9.17, 15) is 4.79 Å². The quantitative estimate of drug-likeness (QED) is 0.737. The molecule has 2 aromatic carbocycles. The summed E-state index contributed by atoms with van der Waals surface area (Å²) in [6, 6.07) is 16.8. The van der Waals surface area contributed by atoms with Crippen LogP contribution in [0, 0.1) is 18.3 Å². The predicted octanol–water partition coefficient (Wildman–Crippen LogP) is 4.80. The molecule has 25 heavy (non-hydrogen) atoms. The molecule has 0 fully saturated rings. The van der Waals surface area contributed by atoms with Gasteiger partial charge < -0.3 is 0 Å². The molecule has 3 aromatic rings. The van der Waals surface area contributed by atoms with Crippen molar-refractivity contribution in [1.29, 1.82) is 5.26 Å². The number of thiazole rings is 1. The van der Waals surface area contributed by atoms with Crippen LogP contribution >= 0.6 is 11.3 Å². The molecule has 0 spiro atoms. The second kappa shape index (κ2) is 7.29. The van der Waals surface area contributed by atoms with E-state index in [1.165, 1.54) is 16.9 Å². The lowest BCUT2D eigenvalue weighted by Gasteiger charge is -2.02. The molecule has 0 saturated heterocycles. The summed E-state index contributed by atoms with van der Waals surface area (Å²) in [6.45, 7) is 4.13. The van der Waals surface area contributed by atoms with Gasteiger partial charge >= 0.3 is 0 Å². The summed E-state index contributed by atoms with van der Waals surface area (Å²) in [7, 11) is 0. The summed E-state index contributed by atoms with van der Waals surface area (Å²) in [5.74, 6) is -0.226. The van der Waals surface area contributed by atoms with Gasteiger partial charge in [-0.25, -0.2) is 4.98 Å². The number of aromatic nitrogens is 1. The fourth-order valence-corrected chi connectivity index (χ4v) is 3.37. The maximum absolute atomic E-state index is 12.4. The Hall–Kier alpha value is -2.97. The minimum atomic E-state index is -0.226. The fourth-order valence-electron chi connectivity index (χ4n) is 2.45. The highest BCUT2D eigenvalue weighted by atomic mass is 32.1. The van der Waals surface area contributed by atoms with Gasteiger partial charge in [0.15, 0.2) is 5.13 Å². The molecule has 0 atom stereocenters. The minimum Gasteiger partial charge on any atom is -0.298 e. The van der Waals surface area contributed by atoms with E-state index in [1.54, 1.807) is 24.3 Å². The summed E-state index contributed by atoms with van der Waals surface area (Å²) in [5.41, 5.74) is 4.21. The molecular formula is C20H17N3OS. The van der Waals surface area contributed by atoms with Crippen LogP contribution in [0.5, 0.6) is 0 Å². The average molecular weight is 347 g/mol. The van der Waals surface area contributed by atoms with Crippen LogP contribution in [0.15, 0.2) is 48.5 Å². The van der Waals surface area contributed by atoms with Crippen LogP contribution in [0.4, 0.5) is 5.13 Å². The van der Waals surface area contributed by atoms with Gasteiger partial charge in [0.2, 0.25) is 0 Å². The van der Waals surface area contributed by atoms with Crippen LogP contribution < -0.4 is 5.32 Å². The summed E-state index contributed by atoms with van der Waals surface area (Å²) < 4.78 is 0. The number of benzene rings is 2. The number of anilines is 1. The molecule has 0 saturated carbocycles. The summed E-state index contributed by atoms with van der Waals surface area (Å²) in [6.07, 6.45) is 0.855. The van der Waals surface area contributed by atoms with E-state index in [-0.39, 0.29) is 5.91 Å². The van der Waals surface area contributed by atoms with Gasteiger partial charge in [0, 0.05) is 16.0 Å². The number of nitriles is 1. The lowest BCUT2D eigenvalue weighted by Crippen LogP contribution is -2.11. The Morgan fingerprint density at radius 1 is 1.16 bits per heavy atom. The lowest BCUT2D eigenvalue weighted by atomic mass is 10.1. The van der Waals surface area contributed by atoms with Crippen molar-refractivity contribution < 1.29 is 4.79 Å². The monoisotopic (exact) mass is 347 g/mol. The molecule has 0 aliphatic carbocycles. The van der Waals surface area contributed by atoms with E-state index in [4.69, 9.17) is 5.26 Å². The van der Waals surface area contributed by atoms with Crippen LogP contribution in [0.2, 0.25) is 0 Å². The molecule has 1 N–H and O–H groups in total. The average Bonchev–Trinajstić information content (AvgIpc) is 3.05. The molecule has 0 aliphatic heterocycles. The molecule has 1 heterocycles. The molecule has 0 unspecified atom stereocenters. The molecule has 0 aliphatic rings. The van der Waals surface area contributed by atoms with Gasteiger partial charge in [-0.1, -0.05) is 36.8 Å². The zero-order valence-electron chi connectivity index (χ0n) is 14.0. The van der Waals surface area contributed by atoms with Crippen molar-refractivity contribution in [2.24, 2.45) is 0 Å². The normalized spacial score (nSPS) is 10.3. The smallest absolute Gasteiger partial charge is 0.257 e. The Kier molecular flexibility index (Phi) is 4.92. The number of amides is 1. The van der Waals surface area contributed by atoms with E-state index >= 15 is 0 Å². The van der Waals surface area contributed by atoms with E-state index in [1.807, 2.05) is 6.07 Å². The van der Waals surface area contributed by atoms with E-state index < -0.39 is 0 Å². The minimum absolute atomic E-state index is 0.226. The number of carbonyl (C=O) groups is 1. The Morgan fingerprint density at radius 2 is 1.84 bits per heavy atom. The van der Waals surface area contributed by atoms with E-state index in [0.717, 1.165) is 22.6 Å². The Balaban J connectivity index is 1.84. The van der Waals surface area contributed by atoms with Gasteiger partial charge in [0.05, 0.1) is 17.3 Å². The van der Waals surface area contributed by atoms with Crippen LogP contribution in [-0.2, 0) is 6.42 Å². The molecule has 3 rings (SSSR count). The summed E-state index contributed by atoms with van der Waals surface area (Å²) >= 11 is 1.49.